The van der Waals surface area contributed by atoms with E-state index in [0.29, 0.717) is 18.2 Å². The number of thiophene rings is 1. The van der Waals surface area contributed by atoms with Crippen molar-refractivity contribution in [2.75, 3.05) is 12.4 Å². The van der Waals surface area contributed by atoms with Crippen molar-refractivity contribution in [1.82, 2.24) is 14.8 Å². The summed E-state index contributed by atoms with van der Waals surface area (Å²) in [6, 6.07) is 11.5. The number of nitrogens with one attached hydrogen (secondary N) is 1. The average Bonchev–Trinajstić information content (AvgIpc) is 3.34. The number of allylic oxidation sites excluding steroid dienone is 2. The summed E-state index contributed by atoms with van der Waals surface area (Å²) in [5.41, 5.74) is 2.54. The third-order valence-corrected chi connectivity index (χ3v) is 6.37. The Labute approximate surface area is 173 Å². The second kappa shape index (κ2) is 6.56. The molecule has 1 N–H and O–H groups in total. The van der Waals surface area contributed by atoms with Gasteiger partial charge in [0.15, 0.2) is 11.6 Å². The van der Waals surface area contributed by atoms with Crippen molar-refractivity contribution in [2.45, 2.75) is 32.7 Å². The second-order valence-electron chi connectivity index (χ2n) is 8.28. The summed E-state index contributed by atoms with van der Waals surface area (Å²) in [5, 5.41) is 10.2. The van der Waals surface area contributed by atoms with E-state index < -0.39 is 0 Å². The van der Waals surface area contributed by atoms with Crippen LogP contribution in [0, 0.1) is 5.41 Å². The molecular weight excluding hydrogens is 384 g/mol. The number of rotatable bonds is 3. The van der Waals surface area contributed by atoms with Crippen LogP contribution in [-0.2, 0) is 4.79 Å². The van der Waals surface area contributed by atoms with Crippen molar-refractivity contribution in [3.63, 3.8) is 0 Å². The van der Waals surface area contributed by atoms with Crippen LogP contribution in [0.5, 0.6) is 5.75 Å². The predicted octanol–water partition coefficient (Wildman–Crippen LogP) is 4.67. The van der Waals surface area contributed by atoms with Gasteiger partial charge in [-0.15, -0.1) is 16.4 Å². The number of para-hydroxylation sites is 1. The first-order valence-electron chi connectivity index (χ1n) is 9.63. The number of Topliss-reactive ketones (excluding diaryl/α,β-unsaturated/α-hetero) is 1. The normalized spacial score (nSPS) is 20.1. The first-order chi connectivity index (χ1) is 14.0. The Morgan fingerprint density at radius 1 is 1.21 bits per heavy atom. The van der Waals surface area contributed by atoms with E-state index in [0.717, 1.165) is 33.9 Å². The topological polar surface area (TPSA) is 69.0 Å². The Hall–Kier alpha value is -2.93. The number of anilines is 1. The molecule has 3 heterocycles. The number of ether oxygens (including phenoxy) is 1. The van der Waals surface area contributed by atoms with Crippen molar-refractivity contribution in [1.29, 1.82) is 0 Å². The van der Waals surface area contributed by atoms with Crippen LogP contribution in [0.15, 0.2) is 53.0 Å². The van der Waals surface area contributed by atoms with Crippen molar-refractivity contribution >= 4 is 23.1 Å². The van der Waals surface area contributed by atoms with Gasteiger partial charge in [0.2, 0.25) is 5.95 Å². The molecule has 7 heteroatoms. The van der Waals surface area contributed by atoms with Crippen molar-refractivity contribution < 1.29 is 9.53 Å². The molecule has 0 saturated carbocycles. The Morgan fingerprint density at radius 3 is 2.79 bits per heavy atom. The van der Waals surface area contributed by atoms with Gasteiger partial charge < -0.3 is 10.1 Å². The molecule has 0 saturated heterocycles. The molecule has 0 bridgehead atoms. The third-order valence-electron chi connectivity index (χ3n) is 5.51. The van der Waals surface area contributed by atoms with E-state index in [1.54, 1.807) is 18.4 Å². The predicted molar refractivity (Wildman–Crippen MR) is 113 cm³/mol. The molecule has 1 aliphatic heterocycles. The molecular formula is C22H22N4O2S. The minimum Gasteiger partial charge on any atom is -0.496 e. The minimum absolute atomic E-state index is 0.0903. The lowest BCUT2D eigenvalue weighted by atomic mass is 9.73. The van der Waals surface area contributed by atoms with Crippen LogP contribution < -0.4 is 10.1 Å². The van der Waals surface area contributed by atoms with Crippen LogP contribution in [-0.4, -0.2) is 27.7 Å². The number of carbonyl (C=O) groups is 1. The van der Waals surface area contributed by atoms with E-state index in [2.05, 4.69) is 19.2 Å². The summed E-state index contributed by atoms with van der Waals surface area (Å²) in [7, 11) is 1.65. The maximum absolute atomic E-state index is 13.3. The molecule has 0 amide bonds. The Kier molecular flexibility index (Phi) is 4.10. The van der Waals surface area contributed by atoms with E-state index in [4.69, 9.17) is 14.8 Å². The maximum Gasteiger partial charge on any atom is 0.226 e. The summed E-state index contributed by atoms with van der Waals surface area (Å²) in [4.78, 5) is 19.0. The Balaban J connectivity index is 1.73. The van der Waals surface area contributed by atoms with Crippen LogP contribution in [0.2, 0.25) is 0 Å². The molecule has 5 rings (SSSR count). The van der Waals surface area contributed by atoms with Gasteiger partial charge in [0, 0.05) is 23.3 Å². The lowest BCUT2D eigenvalue weighted by Crippen LogP contribution is -2.36. The highest BCUT2D eigenvalue weighted by Crippen LogP contribution is 2.47. The number of hydrogen-bond donors (Lipinski definition) is 1. The largest absolute Gasteiger partial charge is 0.496 e. The van der Waals surface area contributed by atoms with Crippen molar-refractivity contribution in [2.24, 2.45) is 5.41 Å². The van der Waals surface area contributed by atoms with Gasteiger partial charge in [0.05, 0.1) is 12.0 Å². The number of benzene rings is 1. The zero-order valence-electron chi connectivity index (χ0n) is 16.6. The average molecular weight is 407 g/mol. The quantitative estimate of drug-likeness (QED) is 0.684. The molecule has 148 valence electrons. The first-order valence-corrected chi connectivity index (χ1v) is 10.5. The monoisotopic (exact) mass is 406 g/mol. The molecule has 0 spiro atoms. The number of hydrogen-bond acceptors (Lipinski definition) is 6. The Morgan fingerprint density at radius 2 is 2.03 bits per heavy atom. The van der Waals surface area contributed by atoms with Gasteiger partial charge >= 0.3 is 0 Å². The lowest BCUT2D eigenvalue weighted by molar-refractivity contribution is -0.118. The number of methoxy groups -OCH3 is 1. The van der Waals surface area contributed by atoms with Gasteiger partial charge in [-0.25, -0.2) is 4.68 Å². The maximum atomic E-state index is 13.3. The highest BCUT2D eigenvalue weighted by atomic mass is 32.1. The third kappa shape index (κ3) is 2.97. The molecule has 1 aliphatic carbocycles. The lowest BCUT2D eigenvalue weighted by Gasteiger charge is -2.38. The van der Waals surface area contributed by atoms with Crippen LogP contribution in [0.25, 0.3) is 10.7 Å². The molecule has 0 radical (unpaired) electrons. The molecule has 1 aromatic carbocycles. The fourth-order valence-corrected chi connectivity index (χ4v) is 4.95. The summed E-state index contributed by atoms with van der Waals surface area (Å²) in [6.07, 6.45) is 1.31. The first kappa shape index (κ1) is 18.1. The highest BCUT2D eigenvalue weighted by molar-refractivity contribution is 7.13. The molecule has 0 fully saturated rings. The van der Waals surface area contributed by atoms with E-state index in [1.165, 1.54) is 0 Å². The molecule has 6 nitrogen and oxygen atoms in total. The Bertz CT molecular complexity index is 1130. The van der Waals surface area contributed by atoms with Crippen LogP contribution in [0.4, 0.5) is 5.95 Å². The molecule has 2 aromatic heterocycles. The fourth-order valence-electron chi connectivity index (χ4n) is 4.30. The van der Waals surface area contributed by atoms with Gasteiger partial charge in [0.25, 0.3) is 0 Å². The summed E-state index contributed by atoms with van der Waals surface area (Å²) in [6.45, 7) is 4.26. The SMILES string of the molecule is COc1ccccc1C1C2=C(CC(C)(C)CC2=O)Nc2nc(-c3cccs3)nn21. The fraction of sp³-hybridized carbons (Fsp3) is 0.318. The van der Waals surface area contributed by atoms with Gasteiger partial charge in [-0.2, -0.15) is 4.98 Å². The zero-order chi connectivity index (χ0) is 20.2. The van der Waals surface area contributed by atoms with Gasteiger partial charge in [0.1, 0.15) is 11.8 Å². The van der Waals surface area contributed by atoms with Crippen LogP contribution in [0.1, 0.15) is 38.3 Å². The van der Waals surface area contributed by atoms with Crippen molar-refractivity contribution in [3.05, 3.63) is 58.6 Å². The molecule has 29 heavy (non-hydrogen) atoms. The van der Waals surface area contributed by atoms with E-state index in [1.807, 2.05) is 46.5 Å². The van der Waals surface area contributed by atoms with Crippen LogP contribution in [0.3, 0.4) is 0 Å². The van der Waals surface area contributed by atoms with E-state index in [-0.39, 0.29) is 17.2 Å². The van der Waals surface area contributed by atoms with Gasteiger partial charge in [-0.3, -0.25) is 4.79 Å². The summed E-state index contributed by atoms with van der Waals surface area (Å²) < 4.78 is 7.47. The molecule has 3 aromatic rings. The van der Waals surface area contributed by atoms with E-state index >= 15 is 0 Å². The standard InChI is InChI=1S/C22H22N4O2S/c1-22(2)11-14-18(15(27)12-22)19(13-7-4-5-8-16(13)28-3)26-21(23-14)24-20(25-26)17-9-6-10-29-17/h4-10,19H,11-12H2,1-3H3,(H,23,24,25). The number of fused-ring (bicyclic) bond motifs is 1. The molecule has 1 unspecified atom stereocenters. The van der Waals surface area contributed by atoms with Gasteiger partial charge in [-0.1, -0.05) is 38.1 Å². The highest BCUT2D eigenvalue weighted by Gasteiger charge is 2.42. The summed E-state index contributed by atoms with van der Waals surface area (Å²) >= 11 is 1.60. The molecule has 1 atom stereocenters. The number of nitrogens with zero attached hydrogens (tertiary/aromatic N) is 3. The van der Waals surface area contributed by atoms with Gasteiger partial charge in [-0.05, 0) is 29.3 Å². The number of aromatic nitrogens is 3. The number of carbonyl (C=O) groups excluding carboxylic acids is 1. The van der Waals surface area contributed by atoms with E-state index in [9.17, 15) is 4.79 Å². The minimum atomic E-state index is -0.359. The van der Waals surface area contributed by atoms with Crippen LogP contribution >= 0.6 is 11.3 Å². The van der Waals surface area contributed by atoms with Crippen molar-refractivity contribution in [3.8, 4) is 16.5 Å². The second-order valence-corrected chi connectivity index (χ2v) is 9.23. The number of ketones is 1. The zero-order valence-corrected chi connectivity index (χ0v) is 17.4. The smallest absolute Gasteiger partial charge is 0.226 e. The summed E-state index contributed by atoms with van der Waals surface area (Å²) in [5.74, 6) is 2.21. The molecule has 2 aliphatic rings.